The van der Waals surface area contributed by atoms with E-state index in [2.05, 4.69) is 43.4 Å². The zero-order chi connectivity index (χ0) is 14.7. The zero-order valence-electron chi connectivity index (χ0n) is 11.3. The molecule has 0 amide bonds. The topological polar surface area (TPSA) is 55.2 Å². The molecule has 0 aliphatic heterocycles. The number of aryl methyl sites for hydroxylation is 1. The lowest BCUT2D eigenvalue weighted by molar-refractivity contribution is -0.385. The second kappa shape index (κ2) is 6.21. The highest BCUT2D eigenvalue weighted by atomic mass is 127. The summed E-state index contributed by atoms with van der Waals surface area (Å²) in [6.07, 6.45) is 0. The molecule has 0 fully saturated rings. The number of hydrogen-bond donors (Lipinski definition) is 1. The van der Waals surface area contributed by atoms with Crippen molar-refractivity contribution in [2.75, 3.05) is 5.32 Å². The zero-order valence-corrected chi connectivity index (χ0v) is 13.4. The Kier molecular flexibility index (Phi) is 4.59. The van der Waals surface area contributed by atoms with Gasteiger partial charge >= 0.3 is 0 Å². The highest BCUT2D eigenvalue weighted by molar-refractivity contribution is 14.1. The minimum absolute atomic E-state index is 0.138. The van der Waals surface area contributed by atoms with E-state index in [1.165, 1.54) is 17.2 Å². The minimum Gasteiger partial charge on any atom is -0.378 e. The summed E-state index contributed by atoms with van der Waals surface area (Å²) in [6, 6.07) is 13.5. The normalized spacial score (nSPS) is 11.9. The van der Waals surface area contributed by atoms with Crippen molar-refractivity contribution < 1.29 is 4.92 Å². The van der Waals surface area contributed by atoms with E-state index in [-0.39, 0.29) is 16.7 Å². The standard InChI is InChI=1S/C15H15IN2O2/c1-10-3-5-12(6-4-10)11(2)17-13-7-8-15(18(19)20)14(16)9-13/h3-9,11,17H,1-2H3. The summed E-state index contributed by atoms with van der Waals surface area (Å²) in [7, 11) is 0. The lowest BCUT2D eigenvalue weighted by Gasteiger charge is -2.16. The second-order valence-electron chi connectivity index (χ2n) is 4.70. The molecule has 0 bridgehead atoms. The van der Waals surface area contributed by atoms with Crippen LogP contribution in [0.2, 0.25) is 0 Å². The molecule has 0 saturated carbocycles. The van der Waals surface area contributed by atoms with Crippen LogP contribution in [-0.4, -0.2) is 4.92 Å². The van der Waals surface area contributed by atoms with Crippen LogP contribution in [0.15, 0.2) is 42.5 Å². The van der Waals surface area contributed by atoms with Crippen molar-refractivity contribution in [3.05, 3.63) is 67.3 Å². The van der Waals surface area contributed by atoms with Crippen molar-refractivity contribution in [2.45, 2.75) is 19.9 Å². The Morgan fingerprint density at radius 3 is 2.40 bits per heavy atom. The van der Waals surface area contributed by atoms with Crippen LogP contribution in [0.1, 0.15) is 24.1 Å². The van der Waals surface area contributed by atoms with Crippen molar-refractivity contribution in [3.8, 4) is 0 Å². The first-order valence-corrected chi connectivity index (χ1v) is 7.32. The van der Waals surface area contributed by atoms with Crippen LogP contribution in [0.25, 0.3) is 0 Å². The van der Waals surface area contributed by atoms with Gasteiger partial charge in [0.25, 0.3) is 5.69 Å². The molecule has 5 heteroatoms. The molecule has 0 aliphatic rings. The molecule has 2 aromatic carbocycles. The number of nitro benzene ring substituents is 1. The average molecular weight is 382 g/mol. The Morgan fingerprint density at radius 2 is 1.85 bits per heavy atom. The third-order valence-electron chi connectivity index (χ3n) is 3.10. The van der Waals surface area contributed by atoms with Gasteiger partial charge in [0.15, 0.2) is 0 Å². The molecular formula is C15H15IN2O2. The molecule has 0 aromatic heterocycles. The molecule has 1 atom stereocenters. The fourth-order valence-electron chi connectivity index (χ4n) is 1.93. The molecule has 0 aliphatic carbocycles. The van der Waals surface area contributed by atoms with E-state index >= 15 is 0 Å². The number of nitrogens with zero attached hydrogens (tertiary/aromatic N) is 1. The highest BCUT2D eigenvalue weighted by Crippen LogP contribution is 2.26. The van der Waals surface area contributed by atoms with Gasteiger partial charge in [-0.05, 0) is 54.1 Å². The average Bonchev–Trinajstić information content (AvgIpc) is 2.39. The van der Waals surface area contributed by atoms with E-state index in [4.69, 9.17) is 0 Å². The third kappa shape index (κ3) is 3.47. The first-order chi connectivity index (χ1) is 9.47. The van der Waals surface area contributed by atoms with Gasteiger partial charge in [-0.1, -0.05) is 29.8 Å². The van der Waals surface area contributed by atoms with Gasteiger partial charge in [-0.15, -0.1) is 0 Å². The smallest absolute Gasteiger partial charge is 0.282 e. The highest BCUT2D eigenvalue weighted by Gasteiger charge is 2.12. The molecule has 1 N–H and O–H groups in total. The monoisotopic (exact) mass is 382 g/mol. The van der Waals surface area contributed by atoms with E-state index in [0.29, 0.717) is 3.57 Å². The number of rotatable bonds is 4. The molecule has 0 saturated heterocycles. The van der Waals surface area contributed by atoms with Crippen LogP contribution in [0, 0.1) is 20.6 Å². The maximum Gasteiger partial charge on any atom is 0.282 e. The molecule has 20 heavy (non-hydrogen) atoms. The Balaban J connectivity index is 2.15. The van der Waals surface area contributed by atoms with Crippen LogP contribution in [0.5, 0.6) is 0 Å². The Morgan fingerprint density at radius 1 is 1.20 bits per heavy atom. The second-order valence-corrected chi connectivity index (χ2v) is 5.86. The van der Waals surface area contributed by atoms with Crippen LogP contribution < -0.4 is 5.32 Å². The predicted octanol–water partition coefficient (Wildman–Crippen LogP) is 4.68. The molecule has 0 radical (unpaired) electrons. The number of anilines is 1. The molecule has 2 aromatic rings. The molecule has 2 rings (SSSR count). The SMILES string of the molecule is Cc1ccc(C(C)Nc2ccc([N+](=O)[O-])c(I)c2)cc1. The van der Waals surface area contributed by atoms with Gasteiger partial charge in [-0.3, -0.25) is 10.1 Å². The molecule has 104 valence electrons. The lowest BCUT2D eigenvalue weighted by Crippen LogP contribution is -2.07. The van der Waals surface area contributed by atoms with E-state index in [0.717, 1.165) is 5.69 Å². The van der Waals surface area contributed by atoms with E-state index in [9.17, 15) is 10.1 Å². The van der Waals surface area contributed by atoms with Gasteiger partial charge in [-0.2, -0.15) is 0 Å². The molecular weight excluding hydrogens is 367 g/mol. The quantitative estimate of drug-likeness (QED) is 0.475. The van der Waals surface area contributed by atoms with Gasteiger partial charge < -0.3 is 5.32 Å². The number of benzene rings is 2. The maximum absolute atomic E-state index is 10.8. The summed E-state index contributed by atoms with van der Waals surface area (Å²) in [5.41, 5.74) is 3.43. The van der Waals surface area contributed by atoms with Crippen LogP contribution in [-0.2, 0) is 0 Å². The summed E-state index contributed by atoms with van der Waals surface area (Å²) in [5.74, 6) is 0. The van der Waals surface area contributed by atoms with E-state index in [1.54, 1.807) is 12.1 Å². The summed E-state index contributed by atoms with van der Waals surface area (Å²) in [6.45, 7) is 4.12. The predicted molar refractivity (Wildman–Crippen MR) is 89.0 cm³/mol. The largest absolute Gasteiger partial charge is 0.378 e. The number of hydrogen-bond acceptors (Lipinski definition) is 3. The number of nitro groups is 1. The summed E-state index contributed by atoms with van der Waals surface area (Å²) >= 11 is 1.99. The Hall–Kier alpha value is -1.63. The lowest BCUT2D eigenvalue weighted by atomic mass is 10.1. The molecule has 1 unspecified atom stereocenters. The van der Waals surface area contributed by atoms with Crippen molar-refractivity contribution in [3.63, 3.8) is 0 Å². The van der Waals surface area contributed by atoms with Crippen molar-refractivity contribution in [1.29, 1.82) is 0 Å². The summed E-state index contributed by atoms with van der Waals surface area (Å²) in [4.78, 5) is 10.4. The first kappa shape index (κ1) is 14.8. The molecule has 0 heterocycles. The molecule has 0 spiro atoms. The first-order valence-electron chi connectivity index (χ1n) is 6.24. The van der Waals surface area contributed by atoms with Crippen LogP contribution >= 0.6 is 22.6 Å². The van der Waals surface area contributed by atoms with Crippen LogP contribution in [0.3, 0.4) is 0 Å². The number of nitrogens with one attached hydrogen (secondary N) is 1. The fraction of sp³-hybridized carbons (Fsp3) is 0.200. The fourth-order valence-corrected chi connectivity index (χ4v) is 2.65. The summed E-state index contributed by atoms with van der Waals surface area (Å²) < 4.78 is 0.633. The Labute approximate surface area is 131 Å². The van der Waals surface area contributed by atoms with Crippen molar-refractivity contribution in [2.24, 2.45) is 0 Å². The maximum atomic E-state index is 10.8. The van der Waals surface area contributed by atoms with Gasteiger partial charge in [0.1, 0.15) is 0 Å². The van der Waals surface area contributed by atoms with Crippen molar-refractivity contribution in [1.82, 2.24) is 0 Å². The van der Waals surface area contributed by atoms with Gasteiger partial charge in [-0.25, -0.2) is 0 Å². The van der Waals surface area contributed by atoms with E-state index in [1.807, 2.05) is 22.6 Å². The van der Waals surface area contributed by atoms with Gasteiger partial charge in [0.2, 0.25) is 0 Å². The third-order valence-corrected chi connectivity index (χ3v) is 3.97. The van der Waals surface area contributed by atoms with Crippen LogP contribution in [0.4, 0.5) is 11.4 Å². The van der Waals surface area contributed by atoms with Crippen molar-refractivity contribution >= 4 is 34.0 Å². The Bertz CT molecular complexity index is 626. The van der Waals surface area contributed by atoms with Gasteiger partial charge in [0.05, 0.1) is 8.49 Å². The number of halogens is 1. The summed E-state index contributed by atoms with van der Waals surface area (Å²) in [5, 5.41) is 14.1. The molecule has 4 nitrogen and oxygen atoms in total. The van der Waals surface area contributed by atoms with Gasteiger partial charge in [0, 0.05) is 17.8 Å². The minimum atomic E-state index is -0.366. The van der Waals surface area contributed by atoms with E-state index < -0.39 is 0 Å².